The first-order valence-electron chi connectivity index (χ1n) is 11.2. The fourth-order valence-corrected chi connectivity index (χ4v) is 4.68. The number of carbonyl (C=O) groups is 2. The van der Waals surface area contributed by atoms with E-state index in [1.54, 1.807) is 7.11 Å². The van der Waals surface area contributed by atoms with Gasteiger partial charge in [0.1, 0.15) is 0 Å². The van der Waals surface area contributed by atoms with Crippen LogP contribution in [0.3, 0.4) is 0 Å². The predicted octanol–water partition coefficient (Wildman–Crippen LogP) is 3.26. The quantitative estimate of drug-likeness (QED) is 0.695. The van der Waals surface area contributed by atoms with Gasteiger partial charge in [0.05, 0.1) is 0 Å². The zero-order valence-electron chi connectivity index (χ0n) is 19.2. The number of nitrogens with zero attached hydrogens (tertiary/aromatic N) is 2. The number of aryl methyl sites for hydroxylation is 1. The van der Waals surface area contributed by atoms with E-state index in [1.807, 2.05) is 29.8 Å². The van der Waals surface area contributed by atoms with Crippen molar-refractivity contribution >= 4 is 17.5 Å². The molecule has 166 valence electrons. The molecule has 2 amide bonds. The van der Waals surface area contributed by atoms with Crippen molar-refractivity contribution in [1.29, 1.82) is 0 Å². The number of methoxy groups -OCH3 is 1. The van der Waals surface area contributed by atoms with Crippen LogP contribution >= 0.6 is 0 Å². The number of likely N-dealkylation sites (N-methyl/N-ethyl adjacent to an activating group) is 1. The number of anilines is 1. The number of fused-ring (bicyclic) bond motifs is 1. The molecule has 1 atom stereocenters. The minimum absolute atomic E-state index is 0.0409. The molecule has 0 unspecified atom stereocenters. The molecule has 1 fully saturated rings. The molecule has 0 aromatic heterocycles. The Balaban J connectivity index is 1.92. The molecule has 1 saturated heterocycles. The Morgan fingerprint density at radius 3 is 2.77 bits per heavy atom. The van der Waals surface area contributed by atoms with Crippen molar-refractivity contribution in [2.24, 2.45) is 0 Å². The molecule has 1 aromatic rings. The molecule has 0 aliphatic carbocycles. The van der Waals surface area contributed by atoms with Crippen LogP contribution in [0.4, 0.5) is 5.69 Å². The minimum Gasteiger partial charge on any atom is -0.385 e. The van der Waals surface area contributed by atoms with Gasteiger partial charge in [0.15, 0.2) is 0 Å². The third-order valence-electron chi connectivity index (χ3n) is 6.61. The summed E-state index contributed by atoms with van der Waals surface area (Å²) in [5.74, 6) is 0.177. The van der Waals surface area contributed by atoms with Crippen LogP contribution in [0.15, 0.2) is 12.1 Å². The normalized spacial score (nSPS) is 20.8. The van der Waals surface area contributed by atoms with Crippen LogP contribution in [0.25, 0.3) is 0 Å². The standard InChI is InChI=1S/C24H37N3O3/c1-17-13-20-21(14-19(17)23(29)26(4)18-9-8-10-25-16-18)27(11-6-7-12-30-5)22(28)15-24(20,2)3/h13-14,18,25H,6-12,15-16H2,1-5H3/t18-/m1/s1. The third kappa shape index (κ3) is 4.70. The summed E-state index contributed by atoms with van der Waals surface area (Å²) in [6.45, 7) is 9.45. The molecule has 6 nitrogen and oxygen atoms in total. The molecule has 0 bridgehead atoms. The van der Waals surface area contributed by atoms with E-state index < -0.39 is 0 Å². The Hall–Kier alpha value is -1.92. The van der Waals surface area contributed by atoms with Crippen molar-refractivity contribution in [2.75, 3.05) is 45.3 Å². The number of ether oxygens (including phenoxy) is 1. The highest BCUT2D eigenvalue weighted by Crippen LogP contribution is 2.42. The number of hydrogen-bond donors (Lipinski definition) is 1. The van der Waals surface area contributed by atoms with Gasteiger partial charge in [-0.15, -0.1) is 0 Å². The molecule has 1 aromatic carbocycles. The first kappa shape index (κ1) is 22.8. The van der Waals surface area contributed by atoms with Gasteiger partial charge in [0, 0.05) is 63.0 Å². The van der Waals surface area contributed by atoms with Crippen LogP contribution in [0.5, 0.6) is 0 Å². The molecule has 30 heavy (non-hydrogen) atoms. The average molecular weight is 416 g/mol. The summed E-state index contributed by atoms with van der Waals surface area (Å²) in [5.41, 5.74) is 3.51. The van der Waals surface area contributed by atoms with E-state index in [0.29, 0.717) is 25.1 Å². The molecule has 1 N–H and O–H groups in total. The van der Waals surface area contributed by atoms with Crippen molar-refractivity contribution in [2.45, 2.75) is 64.3 Å². The molecular formula is C24H37N3O3. The molecule has 6 heteroatoms. The minimum atomic E-state index is -0.235. The van der Waals surface area contributed by atoms with E-state index in [0.717, 1.165) is 55.6 Å². The zero-order valence-corrected chi connectivity index (χ0v) is 19.2. The number of hydrogen-bond acceptors (Lipinski definition) is 4. The number of amides is 2. The van der Waals surface area contributed by atoms with Crippen LogP contribution in [0.1, 0.15) is 67.4 Å². The SMILES string of the molecule is COCCCCN1C(=O)CC(C)(C)c2cc(C)c(C(=O)N(C)[C@@H]3CCCNC3)cc21. The maximum Gasteiger partial charge on any atom is 0.254 e. The summed E-state index contributed by atoms with van der Waals surface area (Å²) < 4.78 is 5.15. The molecule has 3 rings (SSSR count). The molecule has 2 aliphatic rings. The van der Waals surface area contributed by atoms with Gasteiger partial charge >= 0.3 is 0 Å². The first-order chi connectivity index (χ1) is 14.3. The Bertz CT molecular complexity index is 784. The fraction of sp³-hybridized carbons (Fsp3) is 0.667. The zero-order chi connectivity index (χ0) is 21.9. The van der Waals surface area contributed by atoms with Crippen LogP contribution in [-0.4, -0.2) is 63.2 Å². The van der Waals surface area contributed by atoms with Crippen molar-refractivity contribution in [3.05, 3.63) is 28.8 Å². The molecule has 2 heterocycles. The number of unbranched alkanes of at least 4 members (excludes halogenated alkanes) is 1. The maximum absolute atomic E-state index is 13.4. The number of rotatable bonds is 7. The van der Waals surface area contributed by atoms with E-state index in [9.17, 15) is 9.59 Å². The van der Waals surface area contributed by atoms with Crippen LogP contribution < -0.4 is 10.2 Å². The molecule has 0 saturated carbocycles. The van der Waals surface area contributed by atoms with Crippen molar-refractivity contribution < 1.29 is 14.3 Å². The smallest absolute Gasteiger partial charge is 0.254 e. The van der Waals surface area contributed by atoms with Gasteiger partial charge in [0.25, 0.3) is 5.91 Å². The number of piperidine rings is 1. The third-order valence-corrected chi connectivity index (χ3v) is 6.61. The van der Waals surface area contributed by atoms with E-state index >= 15 is 0 Å². The van der Waals surface area contributed by atoms with Gasteiger partial charge in [0.2, 0.25) is 5.91 Å². The average Bonchev–Trinajstić information content (AvgIpc) is 2.72. The molecular weight excluding hydrogens is 378 g/mol. The molecule has 0 spiro atoms. The van der Waals surface area contributed by atoms with Crippen molar-refractivity contribution in [1.82, 2.24) is 10.2 Å². The van der Waals surface area contributed by atoms with Crippen molar-refractivity contribution in [3.63, 3.8) is 0 Å². The summed E-state index contributed by atoms with van der Waals surface area (Å²) >= 11 is 0. The highest BCUT2D eigenvalue weighted by Gasteiger charge is 2.37. The highest BCUT2D eigenvalue weighted by atomic mass is 16.5. The van der Waals surface area contributed by atoms with Crippen molar-refractivity contribution in [3.8, 4) is 0 Å². The van der Waals surface area contributed by atoms with Gasteiger partial charge in [-0.05, 0) is 56.3 Å². The largest absolute Gasteiger partial charge is 0.385 e. The van der Waals surface area contributed by atoms with E-state index in [1.165, 1.54) is 0 Å². The summed E-state index contributed by atoms with van der Waals surface area (Å²) in [6, 6.07) is 4.31. The Morgan fingerprint density at radius 2 is 2.10 bits per heavy atom. The van der Waals surface area contributed by atoms with Crippen LogP contribution in [0.2, 0.25) is 0 Å². The lowest BCUT2D eigenvalue weighted by molar-refractivity contribution is -0.120. The Labute approximate surface area is 180 Å². The second-order valence-electron chi connectivity index (χ2n) is 9.41. The second-order valence-corrected chi connectivity index (χ2v) is 9.41. The topological polar surface area (TPSA) is 61.9 Å². The number of nitrogens with one attached hydrogen (secondary N) is 1. The molecule has 0 radical (unpaired) electrons. The summed E-state index contributed by atoms with van der Waals surface area (Å²) in [5, 5.41) is 3.39. The van der Waals surface area contributed by atoms with Gasteiger partial charge in [-0.1, -0.05) is 19.9 Å². The predicted molar refractivity (Wildman–Crippen MR) is 120 cm³/mol. The fourth-order valence-electron chi connectivity index (χ4n) is 4.68. The van der Waals surface area contributed by atoms with E-state index in [2.05, 4.69) is 25.2 Å². The van der Waals surface area contributed by atoms with Gasteiger partial charge in [-0.2, -0.15) is 0 Å². The van der Waals surface area contributed by atoms with Gasteiger partial charge in [-0.25, -0.2) is 0 Å². The summed E-state index contributed by atoms with van der Waals surface area (Å²) in [4.78, 5) is 30.1. The first-order valence-corrected chi connectivity index (χ1v) is 11.2. The van der Waals surface area contributed by atoms with Crippen LogP contribution in [0, 0.1) is 6.92 Å². The highest BCUT2D eigenvalue weighted by molar-refractivity contribution is 6.02. The van der Waals surface area contributed by atoms with Gasteiger partial charge in [-0.3, -0.25) is 9.59 Å². The lowest BCUT2D eigenvalue weighted by atomic mass is 9.76. The van der Waals surface area contributed by atoms with Crippen LogP contribution in [-0.2, 0) is 14.9 Å². The number of carbonyl (C=O) groups excluding carboxylic acids is 2. The number of benzene rings is 1. The Morgan fingerprint density at radius 1 is 1.33 bits per heavy atom. The lowest BCUT2D eigenvalue weighted by Gasteiger charge is -2.40. The lowest BCUT2D eigenvalue weighted by Crippen LogP contribution is -2.47. The Kier molecular flexibility index (Phi) is 7.19. The van der Waals surface area contributed by atoms with E-state index in [4.69, 9.17) is 4.74 Å². The monoisotopic (exact) mass is 415 g/mol. The van der Waals surface area contributed by atoms with Gasteiger partial charge < -0.3 is 19.9 Å². The maximum atomic E-state index is 13.4. The summed E-state index contributed by atoms with van der Waals surface area (Å²) in [7, 11) is 3.60. The van der Waals surface area contributed by atoms with E-state index in [-0.39, 0.29) is 23.3 Å². The second kappa shape index (κ2) is 9.48. The summed E-state index contributed by atoms with van der Waals surface area (Å²) in [6.07, 6.45) is 4.39. The molecule has 2 aliphatic heterocycles.